The molecule has 0 aromatic carbocycles. The van der Waals surface area contributed by atoms with Crippen molar-refractivity contribution >= 4 is 5.97 Å². The average Bonchev–Trinajstić information content (AvgIpc) is 2.02. The van der Waals surface area contributed by atoms with E-state index in [9.17, 15) is 4.79 Å². The molecule has 68 valence electrons. The van der Waals surface area contributed by atoms with Crippen LogP contribution in [0.5, 0.6) is 0 Å². The molecule has 0 bridgehead atoms. The van der Waals surface area contributed by atoms with Crippen LogP contribution in [0, 0.1) is 0 Å². The summed E-state index contributed by atoms with van der Waals surface area (Å²) in [5, 5.41) is 8.31. The van der Waals surface area contributed by atoms with Crippen molar-refractivity contribution < 1.29 is 9.90 Å². The summed E-state index contributed by atoms with van der Waals surface area (Å²) in [6.45, 7) is 1.99. The largest absolute Gasteiger partial charge is 0.481 e. The lowest BCUT2D eigenvalue weighted by Gasteiger charge is -1.87. The maximum absolute atomic E-state index is 10.1. The zero-order chi connectivity index (χ0) is 9.23. The molecule has 0 aliphatic rings. The standard InChI is InChI=1S/C10H16O2/c1-2-3-4-5-6-7-8-9-10(11)12/h2-3,6-7H,4-5,8-9H2,1H3,(H,11,12)/b3-2-,7-6-. The summed E-state index contributed by atoms with van der Waals surface area (Å²) in [4.78, 5) is 10.1. The Morgan fingerprint density at radius 3 is 2.33 bits per heavy atom. The number of carboxylic acid groups (broad SMARTS) is 1. The molecule has 0 aliphatic heterocycles. The first-order valence-corrected chi connectivity index (χ1v) is 4.25. The lowest BCUT2D eigenvalue weighted by molar-refractivity contribution is -0.136. The van der Waals surface area contributed by atoms with Gasteiger partial charge in [-0.2, -0.15) is 0 Å². The second-order valence-corrected chi connectivity index (χ2v) is 2.55. The smallest absolute Gasteiger partial charge is 0.303 e. The molecule has 1 N–H and O–H groups in total. The van der Waals surface area contributed by atoms with Gasteiger partial charge in [0, 0.05) is 6.42 Å². The number of aliphatic carboxylic acids is 1. The highest BCUT2D eigenvalue weighted by Gasteiger charge is 1.90. The molecule has 0 aromatic rings. The highest BCUT2D eigenvalue weighted by Crippen LogP contribution is 1.96. The lowest BCUT2D eigenvalue weighted by Crippen LogP contribution is -1.91. The molecular formula is C10H16O2. The van der Waals surface area contributed by atoms with Crippen LogP contribution < -0.4 is 0 Å². The Morgan fingerprint density at radius 1 is 1.17 bits per heavy atom. The third-order valence-electron chi connectivity index (χ3n) is 1.43. The van der Waals surface area contributed by atoms with E-state index in [2.05, 4.69) is 6.08 Å². The predicted octanol–water partition coefficient (Wildman–Crippen LogP) is 2.76. The average molecular weight is 168 g/mol. The molecule has 0 unspecified atom stereocenters. The van der Waals surface area contributed by atoms with Crippen molar-refractivity contribution in [2.24, 2.45) is 0 Å². The first-order valence-electron chi connectivity index (χ1n) is 4.25. The third kappa shape index (κ3) is 8.95. The van der Waals surface area contributed by atoms with E-state index < -0.39 is 5.97 Å². The van der Waals surface area contributed by atoms with Gasteiger partial charge in [-0.1, -0.05) is 24.3 Å². The van der Waals surface area contributed by atoms with Crippen molar-refractivity contribution in [3.05, 3.63) is 24.3 Å². The highest BCUT2D eigenvalue weighted by molar-refractivity contribution is 5.66. The molecule has 2 nitrogen and oxygen atoms in total. The molecule has 0 amide bonds. The van der Waals surface area contributed by atoms with Crippen molar-refractivity contribution in [2.45, 2.75) is 32.6 Å². The molecule has 0 saturated heterocycles. The predicted molar refractivity (Wildman–Crippen MR) is 50.1 cm³/mol. The first-order chi connectivity index (χ1) is 5.77. The molecule has 0 saturated carbocycles. The van der Waals surface area contributed by atoms with Crippen LogP contribution in [-0.2, 0) is 4.79 Å². The summed E-state index contributed by atoms with van der Waals surface area (Å²) >= 11 is 0. The fraction of sp³-hybridized carbons (Fsp3) is 0.500. The molecule has 0 heterocycles. The SMILES string of the molecule is C/C=C\CC/C=C\CCC(=O)O. The molecule has 0 rings (SSSR count). The number of allylic oxidation sites excluding steroid dienone is 4. The van der Waals surface area contributed by atoms with Crippen LogP contribution in [0.4, 0.5) is 0 Å². The van der Waals surface area contributed by atoms with Crippen molar-refractivity contribution in [3.8, 4) is 0 Å². The molecule has 0 fully saturated rings. The van der Waals surface area contributed by atoms with Crippen LogP contribution in [-0.4, -0.2) is 11.1 Å². The van der Waals surface area contributed by atoms with Gasteiger partial charge in [0.15, 0.2) is 0 Å². The number of unbranched alkanes of at least 4 members (excludes halogenated alkanes) is 1. The maximum atomic E-state index is 10.1. The topological polar surface area (TPSA) is 37.3 Å². The van der Waals surface area contributed by atoms with E-state index in [4.69, 9.17) is 5.11 Å². The number of carboxylic acids is 1. The Hall–Kier alpha value is -1.05. The number of hydrogen-bond acceptors (Lipinski definition) is 1. The van der Waals surface area contributed by atoms with Gasteiger partial charge in [0.2, 0.25) is 0 Å². The monoisotopic (exact) mass is 168 g/mol. The van der Waals surface area contributed by atoms with E-state index >= 15 is 0 Å². The Morgan fingerprint density at radius 2 is 1.75 bits per heavy atom. The highest BCUT2D eigenvalue weighted by atomic mass is 16.4. The summed E-state index contributed by atoms with van der Waals surface area (Å²) in [6.07, 6.45) is 11.0. The second kappa shape index (κ2) is 8.05. The van der Waals surface area contributed by atoms with Crippen molar-refractivity contribution in [2.75, 3.05) is 0 Å². The van der Waals surface area contributed by atoms with E-state index in [1.807, 2.05) is 25.2 Å². The van der Waals surface area contributed by atoms with Gasteiger partial charge in [0.1, 0.15) is 0 Å². The molecule has 12 heavy (non-hydrogen) atoms. The van der Waals surface area contributed by atoms with Crippen LogP contribution in [0.1, 0.15) is 32.6 Å². The van der Waals surface area contributed by atoms with Gasteiger partial charge in [-0.05, 0) is 26.2 Å². The van der Waals surface area contributed by atoms with Gasteiger partial charge in [-0.3, -0.25) is 4.79 Å². The summed E-state index contributed by atoms with van der Waals surface area (Å²) in [7, 11) is 0. The number of hydrogen-bond donors (Lipinski definition) is 1. The summed E-state index contributed by atoms with van der Waals surface area (Å²) < 4.78 is 0. The van der Waals surface area contributed by atoms with Gasteiger partial charge in [0.25, 0.3) is 0 Å². The quantitative estimate of drug-likeness (QED) is 0.489. The van der Waals surface area contributed by atoms with Gasteiger partial charge in [0.05, 0.1) is 0 Å². The molecule has 0 aromatic heterocycles. The third-order valence-corrected chi connectivity index (χ3v) is 1.43. The maximum Gasteiger partial charge on any atom is 0.303 e. The van der Waals surface area contributed by atoms with Crippen molar-refractivity contribution in [1.82, 2.24) is 0 Å². The molecular weight excluding hydrogens is 152 g/mol. The second-order valence-electron chi connectivity index (χ2n) is 2.55. The molecule has 0 radical (unpaired) electrons. The van der Waals surface area contributed by atoms with E-state index in [-0.39, 0.29) is 6.42 Å². The molecule has 0 aliphatic carbocycles. The Bertz CT molecular complexity index is 169. The van der Waals surface area contributed by atoms with E-state index in [0.29, 0.717) is 6.42 Å². The minimum atomic E-state index is -0.729. The van der Waals surface area contributed by atoms with E-state index in [0.717, 1.165) is 12.8 Å². The van der Waals surface area contributed by atoms with Gasteiger partial charge in [-0.15, -0.1) is 0 Å². The fourth-order valence-corrected chi connectivity index (χ4v) is 0.802. The first kappa shape index (κ1) is 11.0. The minimum Gasteiger partial charge on any atom is -0.481 e. The van der Waals surface area contributed by atoms with Gasteiger partial charge >= 0.3 is 5.97 Å². The number of carbonyl (C=O) groups is 1. The van der Waals surface area contributed by atoms with Crippen LogP contribution in [0.15, 0.2) is 24.3 Å². The zero-order valence-corrected chi connectivity index (χ0v) is 7.49. The van der Waals surface area contributed by atoms with E-state index in [1.165, 1.54) is 0 Å². The zero-order valence-electron chi connectivity index (χ0n) is 7.49. The van der Waals surface area contributed by atoms with Crippen molar-refractivity contribution in [3.63, 3.8) is 0 Å². The van der Waals surface area contributed by atoms with Crippen LogP contribution in [0.25, 0.3) is 0 Å². The van der Waals surface area contributed by atoms with Crippen LogP contribution in [0.2, 0.25) is 0 Å². The summed E-state index contributed by atoms with van der Waals surface area (Å²) in [5.74, 6) is -0.729. The van der Waals surface area contributed by atoms with Gasteiger partial charge < -0.3 is 5.11 Å². The number of rotatable bonds is 6. The molecule has 2 heteroatoms. The normalized spacial score (nSPS) is 11.4. The van der Waals surface area contributed by atoms with E-state index in [1.54, 1.807) is 0 Å². The van der Waals surface area contributed by atoms with Crippen molar-refractivity contribution in [1.29, 1.82) is 0 Å². The summed E-state index contributed by atoms with van der Waals surface area (Å²) in [6, 6.07) is 0. The minimum absolute atomic E-state index is 0.236. The Kier molecular flexibility index (Phi) is 7.35. The fourth-order valence-electron chi connectivity index (χ4n) is 0.802. The summed E-state index contributed by atoms with van der Waals surface area (Å²) in [5.41, 5.74) is 0. The van der Waals surface area contributed by atoms with Crippen LogP contribution in [0.3, 0.4) is 0 Å². The Balaban J connectivity index is 3.20. The van der Waals surface area contributed by atoms with Crippen LogP contribution >= 0.6 is 0 Å². The molecule has 0 atom stereocenters. The van der Waals surface area contributed by atoms with Gasteiger partial charge in [-0.25, -0.2) is 0 Å². The lowest BCUT2D eigenvalue weighted by atomic mass is 10.2. The molecule has 0 spiro atoms. The Labute approximate surface area is 73.6 Å².